The maximum absolute atomic E-state index is 8.95. The fourth-order valence-electron chi connectivity index (χ4n) is 1.09. The number of hydrogen-bond acceptors (Lipinski definition) is 2. The molecule has 0 saturated heterocycles. The largest absolute Gasteiger partial charge is 0.399 e. The number of nitrogens with two attached hydrogens (primary N) is 1. The van der Waals surface area contributed by atoms with E-state index in [9.17, 15) is 0 Å². The van der Waals surface area contributed by atoms with Crippen LogP contribution in [0, 0.1) is 0 Å². The van der Waals surface area contributed by atoms with Gasteiger partial charge in [0.2, 0.25) is 0 Å². The van der Waals surface area contributed by atoms with Gasteiger partial charge in [0.25, 0.3) is 0 Å². The molecule has 0 unspecified atom stereocenters. The average Bonchev–Trinajstić information content (AvgIpc) is 2.17. The van der Waals surface area contributed by atoms with Gasteiger partial charge in [0, 0.05) is 5.69 Å². The lowest BCUT2D eigenvalue weighted by Crippen LogP contribution is -1.88. The van der Waals surface area contributed by atoms with Crippen molar-refractivity contribution in [2.45, 2.75) is 13.3 Å². The van der Waals surface area contributed by atoms with Crippen LogP contribution in [0.3, 0.4) is 0 Å². The van der Waals surface area contributed by atoms with E-state index in [0.717, 1.165) is 23.2 Å². The molecule has 0 aromatic heterocycles. The third-order valence-corrected chi connectivity index (χ3v) is 1.96. The molecule has 0 radical (unpaired) electrons. The van der Waals surface area contributed by atoms with Crippen LogP contribution in [-0.2, 0) is 0 Å². The summed E-state index contributed by atoms with van der Waals surface area (Å²) in [5, 5.41) is 8.95. The van der Waals surface area contributed by atoms with E-state index >= 15 is 0 Å². The van der Waals surface area contributed by atoms with Gasteiger partial charge in [0.1, 0.15) is 0 Å². The second-order valence-electron chi connectivity index (χ2n) is 2.98. The summed E-state index contributed by atoms with van der Waals surface area (Å²) in [5.74, 6) is 0. The lowest BCUT2D eigenvalue weighted by molar-refractivity contribution is 0.329. The van der Waals surface area contributed by atoms with Crippen LogP contribution in [0.5, 0.6) is 0 Å². The van der Waals surface area contributed by atoms with Gasteiger partial charge in [0.05, 0.1) is 6.61 Å². The van der Waals surface area contributed by atoms with Crippen molar-refractivity contribution in [1.29, 1.82) is 0 Å². The van der Waals surface area contributed by atoms with Crippen molar-refractivity contribution in [3.63, 3.8) is 0 Å². The van der Waals surface area contributed by atoms with Gasteiger partial charge in [-0.3, -0.25) is 0 Å². The van der Waals surface area contributed by atoms with Crippen LogP contribution in [0.4, 0.5) is 5.69 Å². The van der Waals surface area contributed by atoms with E-state index in [0.29, 0.717) is 0 Å². The van der Waals surface area contributed by atoms with Crippen LogP contribution in [0.2, 0.25) is 0 Å². The Morgan fingerprint density at radius 1 is 1.38 bits per heavy atom. The molecule has 0 atom stereocenters. The smallest absolute Gasteiger partial charge is 0.0644 e. The Labute approximate surface area is 78.7 Å². The Bertz CT molecular complexity index is 281. The van der Waals surface area contributed by atoms with Crippen molar-refractivity contribution in [1.82, 2.24) is 0 Å². The monoisotopic (exact) mass is 177 g/mol. The van der Waals surface area contributed by atoms with Crippen molar-refractivity contribution in [3.05, 3.63) is 35.4 Å². The topological polar surface area (TPSA) is 46.2 Å². The first kappa shape index (κ1) is 9.81. The first-order valence-corrected chi connectivity index (χ1v) is 4.42. The number of benzene rings is 1. The van der Waals surface area contributed by atoms with Crippen molar-refractivity contribution < 1.29 is 5.11 Å². The number of rotatable bonds is 3. The molecule has 1 aromatic carbocycles. The predicted octanol–water partition coefficient (Wildman–Crippen LogP) is 2.05. The molecule has 1 aromatic rings. The molecular weight excluding hydrogens is 162 g/mol. The molecule has 0 spiro atoms. The predicted molar refractivity (Wildman–Crippen MR) is 56.2 cm³/mol. The molecule has 0 fully saturated rings. The molecule has 0 saturated carbocycles. The minimum absolute atomic E-state index is 0.126. The fourth-order valence-corrected chi connectivity index (χ4v) is 1.09. The summed E-state index contributed by atoms with van der Waals surface area (Å²) in [5.41, 5.74) is 8.43. The first-order valence-electron chi connectivity index (χ1n) is 4.42. The van der Waals surface area contributed by atoms with Crippen LogP contribution >= 0.6 is 0 Å². The fraction of sp³-hybridized carbons (Fsp3) is 0.273. The highest BCUT2D eigenvalue weighted by molar-refractivity contribution is 5.56. The molecule has 0 amide bonds. The Balaban J connectivity index is 2.84. The maximum atomic E-state index is 8.95. The second-order valence-corrected chi connectivity index (χ2v) is 2.98. The summed E-state index contributed by atoms with van der Waals surface area (Å²) in [6.45, 7) is 2.15. The van der Waals surface area contributed by atoms with Gasteiger partial charge in [-0.25, -0.2) is 0 Å². The van der Waals surface area contributed by atoms with Crippen LogP contribution in [0.25, 0.3) is 6.08 Å². The highest BCUT2D eigenvalue weighted by Crippen LogP contribution is 2.11. The second kappa shape index (κ2) is 4.67. The van der Waals surface area contributed by atoms with Gasteiger partial charge < -0.3 is 10.8 Å². The summed E-state index contributed by atoms with van der Waals surface area (Å²) in [7, 11) is 0. The van der Waals surface area contributed by atoms with E-state index < -0.39 is 0 Å². The van der Waals surface area contributed by atoms with Gasteiger partial charge in [-0.2, -0.15) is 0 Å². The van der Waals surface area contributed by atoms with Crippen molar-refractivity contribution in [2.75, 3.05) is 12.3 Å². The summed E-state index contributed by atoms with van der Waals surface area (Å²) in [6, 6.07) is 7.61. The highest BCUT2D eigenvalue weighted by atomic mass is 16.3. The summed E-state index contributed by atoms with van der Waals surface area (Å²) in [6.07, 6.45) is 2.86. The van der Waals surface area contributed by atoms with Crippen LogP contribution in [0.1, 0.15) is 18.9 Å². The third kappa shape index (κ3) is 2.92. The molecule has 3 N–H and O–H groups in total. The standard InChI is InChI=1S/C11H15NO/c1-2-9(8-13)7-10-3-5-11(12)6-4-10/h3-7,13H,2,8,12H2,1H3/b9-7+. The molecule has 2 nitrogen and oxygen atoms in total. The molecule has 0 aliphatic rings. The molecule has 0 heterocycles. The molecule has 0 aliphatic carbocycles. The van der Waals surface area contributed by atoms with Crippen molar-refractivity contribution in [3.8, 4) is 0 Å². The average molecular weight is 177 g/mol. The number of aliphatic hydroxyl groups excluding tert-OH is 1. The van der Waals surface area contributed by atoms with Gasteiger partial charge in [-0.05, 0) is 29.7 Å². The molecular formula is C11H15NO. The van der Waals surface area contributed by atoms with Gasteiger partial charge in [0.15, 0.2) is 0 Å². The van der Waals surface area contributed by atoms with E-state index in [2.05, 4.69) is 0 Å². The van der Waals surface area contributed by atoms with E-state index in [1.54, 1.807) is 0 Å². The number of nitrogen functional groups attached to an aromatic ring is 1. The zero-order valence-corrected chi connectivity index (χ0v) is 7.83. The Morgan fingerprint density at radius 3 is 2.46 bits per heavy atom. The maximum Gasteiger partial charge on any atom is 0.0644 e. The summed E-state index contributed by atoms with van der Waals surface area (Å²) < 4.78 is 0. The van der Waals surface area contributed by atoms with Gasteiger partial charge >= 0.3 is 0 Å². The zero-order valence-electron chi connectivity index (χ0n) is 7.83. The normalized spacial score (nSPS) is 11.7. The zero-order chi connectivity index (χ0) is 9.68. The first-order chi connectivity index (χ1) is 6.26. The van der Waals surface area contributed by atoms with Gasteiger partial charge in [-0.15, -0.1) is 0 Å². The lowest BCUT2D eigenvalue weighted by atomic mass is 10.1. The molecule has 13 heavy (non-hydrogen) atoms. The molecule has 1 rings (SSSR count). The van der Waals surface area contributed by atoms with E-state index in [1.165, 1.54) is 0 Å². The third-order valence-electron chi connectivity index (χ3n) is 1.96. The van der Waals surface area contributed by atoms with Crippen molar-refractivity contribution in [2.24, 2.45) is 0 Å². The minimum Gasteiger partial charge on any atom is -0.399 e. The molecule has 0 bridgehead atoms. The Hall–Kier alpha value is -1.28. The Morgan fingerprint density at radius 2 is 2.00 bits per heavy atom. The number of aliphatic hydroxyl groups is 1. The minimum atomic E-state index is 0.126. The van der Waals surface area contributed by atoms with Crippen LogP contribution < -0.4 is 5.73 Å². The Kier molecular flexibility index (Phi) is 3.53. The lowest BCUT2D eigenvalue weighted by Gasteiger charge is -2.00. The number of hydrogen-bond donors (Lipinski definition) is 2. The van der Waals surface area contributed by atoms with E-state index in [-0.39, 0.29) is 6.61 Å². The molecule has 2 heteroatoms. The highest BCUT2D eigenvalue weighted by Gasteiger charge is 1.92. The summed E-state index contributed by atoms with van der Waals surface area (Å²) >= 11 is 0. The van der Waals surface area contributed by atoms with E-state index in [4.69, 9.17) is 10.8 Å². The van der Waals surface area contributed by atoms with Crippen LogP contribution in [-0.4, -0.2) is 11.7 Å². The molecule has 0 aliphatic heterocycles. The summed E-state index contributed by atoms with van der Waals surface area (Å²) in [4.78, 5) is 0. The molecule has 70 valence electrons. The van der Waals surface area contributed by atoms with Gasteiger partial charge in [-0.1, -0.05) is 25.1 Å². The number of anilines is 1. The van der Waals surface area contributed by atoms with E-state index in [1.807, 2.05) is 37.3 Å². The van der Waals surface area contributed by atoms with Crippen LogP contribution in [0.15, 0.2) is 29.8 Å². The SMILES string of the molecule is CC/C(=C\c1ccc(N)cc1)CO. The quantitative estimate of drug-likeness (QED) is 0.694. The van der Waals surface area contributed by atoms with Crippen molar-refractivity contribution >= 4 is 11.8 Å².